The second kappa shape index (κ2) is 7.48. The van der Waals surface area contributed by atoms with E-state index in [-0.39, 0.29) is 12.0 Å². The Morgan fingerprint density at radius 1 is 1.71 bits per heavy atom. The molecule has 5 heteroatoms. The predicted molar refractivity (Wildman–Crippen MR) is 71.5 cm³/mol. The first-order valence-electron chi connectivity index (χ1n) is 5.33. The van der Waals surface area contributed by atoms with E-state index in [0.29, 0.717) is 19.4 Å². The Morgan fingerprint density at radius 3 is 3.00 bits per heavy atom. The van der Waals surface area contributed by atoms with Gasteiger partial charge < -0.3 is 10.1 Å². The molecule has 1 rings (SSSR count). The molecule has 0 aliphatic rings. The zero-order valence-corrected chi connectivity index (χ0v) is 11.3. The van der Waals surface area contributed by atoms with Gasteiger partial charge in [0.05, 0.1) is 4.34 Å². The van der Waals surface area contributed by atoms with E-state index in [2.05, 4.69) is 11.9 Å². The molecule has 0 radical (unpaired) electrons. The van der Waals surface area contributed by atoms with Crippen LogP contribution in [0.4, 0.5) is 0 Å². The molecule has 0 bridgehead atoms. The van der Waals surface area contributed by atoms with Crippen LogP contribution in [0.15, 0.2) is 24.8 Å². The second-order valence-electron chi connectivity index (χ2n) is 3.50. The number of hydrogen-bond acceptors (Lipinski definition) is 3. The SMILES string of the molecule is C=CCCC(=O)NCC(OC)c1ccc(Cl)s1. The van der Waals surface area contributed by atoms with Crippen molar-refractivity contribution >= 4 is 28.8 Å². The van der Waals surface area contributed by atoms with Gasteiger partial charge in [0, 0.05) is 25.0 Å². The summed E-state index contributed by atoms with van der Waals surface area (Å²) in [5.74, 6) is 0.00889. The Morgan fingerprint density at radius 2 is 2.47 bits per heavy atom. The van der Waals surface area contributed by atoms with E-state index >= 15 is 0 Å². The van der Waals surface area contributed by atoms with Crippen molar-refractivity contribution in [2.75, 3.05) is 13.7 Å². The lowest BCUT2D eigenvalue weighted by atomic mass is 10.2. The maximum atomic E-state index is 11.4. The number of carbonyl (C=O) groups is 1. The van der Waals surface area contributed by atoms with E-state index in [4.69, 9.17) is 16.3 Å². The molecule has 0 saturated carbocycles. The fourth-order valence-corrected chi connectivity index (χ4v) is 2.47. The molecule has 1 unspecified atom stereocenters. The summed E-state index contributed by atoms with van der Waals surface area (Å²) in [6, 6.07) is 3.74. The van der Waals surface area contributed by atoms with Crippen molar-refractivity contribution in [2.24, 2.45) is 0 Å². The van der Waals surface area contributed by atoms with Gasteiger partial charge in [-0.25, -0.2) is 0 Å². The molecular weight excluding hydrogens is 258 g/mol. The molecule has 1 aromatic rings. The Bertz CT molecular complexity index is 378. The summed E-state index contributed by atoms with van der Waals surface area (Å²) in [6.07, 6.45) is 2.74. The maximum Gasteiger partial charge on any atom is 0.220 e. The van der Waals surface area contributed by atoms with Crippen molar-refractivity contribution in [1.82, 2.24) is 5.32 Å². The summed E-state index contributed by atoms with van der Waals surface area (Å²) < 4.78 is 6.04. The van der Waals surface area contributed by atoms with Crippen LogP contribution >= 0.6 is 22.9 Å². The number of methoxy groups -OCH3 is 1. The fraction of sp³-hybridized carbons (Fsp3) is 0.417. The van der Waals surface area contributed by atoms with Gasteiger partial charge in [0.25, 0.3) is 0 Å². The lowest BCUT2D eigenvalue weighted by Crippen LogP contribution is -2.28. The van der Waals surface area contributed by atoms with Crippen LogP contribution in [0.25, 0.3) is 0 Å². The fourth-order valence-electron chi connectivity index (χ4n) is 1.33. The van der Waals surface area contributed by atoms with Crippen molar-refractivity contribution < 1.29 is 9.53 Å². The van der Waals surface area contributed by atoms with E-state index in [1.807, 2.05) is 12.1 Å². The highest BCUT2D eigenvalue weighted by Crippen LogP contribution is 2.28. The van der Waals surface area contributed by atoms with Crippen LogP contribution in [0.2, 0.25) is 4.34 Å². The third kappa shape index (κ3) is 4.89. The Balaban J connectivity index is 2.42. The van der Waals surface area contributed by atoms with Crippen LogP contribution in [-0.4, -0.2) is 19.6 Å². The summed E-state index contributed by atoms with van der Waals surface area (Å²) in [5, 5.41) is 2.83. The first-order valence-corrected chi connectivity index (χ1v) is 6.52. The number of allylic oxidation sites excluding steroid dienone is 1. The minimum atomic E-state index is -0.139. The summed E-state index contributed by atoms with van der Waals surface area (Å²) in [6.45, 7) is 4.04. The smallest absolute Gasteiger partial charge is 0.220 e. The van der Waals surface area contributed by atoms with E-state index < -0.39 is 0 Å². The number of nitrogens with one attached hydrogen (secondary N) is 1. The highest BCUT2D eigenvalue weighted by atomic mass is 35.5. The first kappa shape index (κ1) is 14.2. The second-order valence-corrected chi connectivity index (χ2v) is 5.24. The first-order chi connectivity index (χ1) is 8.17. The maximum absolute atomic E-state index is 11.4. The van der Waals surface area contributed by atoms with Gasteiger partial charge in [-0.3, -0.25) is 4.79 Å². The Hall–Kier alpha value is -0.840. The number of halogens is 1. The standard InChI is InChI=1S/C12H16ClNO2S/c1-3-4-5-12(15)14-8-9(16-2)10-6-7-11(13)17-10/h3,6-7,9H,1,4-5,8H2,2H3,(H,14,15). The molecule has 94 valence electrons. The molecule has 0 spiro atoms. The van der Waals surface area contributed by atoms with Crippen LogP contribution < -0.4 is 5.32 Å². The highest BCUT2D eigenvalue weighted by Gasteiger charge is 2.13. The van der Waals surface area contributed by atoms with E-state index in [1.54, 1.807) is 13.2 Å². The molecule has 1 aromatic heterocycles. The van der Waals surface area contributed by atoms with Crippen LogP contribution in [0.1, 0.15) is 23.8 Å². The molecule has 17 heavy (non-hydrogen) atoms. The van der Waals surface area contributed by atoms with Crippen LogP contribution in [0.3, 0.4) is 0 Å². The molecule has 3 nitrogen and oxygen atoms in total. The monoisotopic (exact) mass is 273 g/mol. The molecular formula is C12H16ClNO2S. The van der Waals surface area contributed by atoms with Gasteiger partial charge in [-0.05, 0) is 18.6 Å². The molecule has 1 amide bonds. The van der Waals surface area contributed by atoms with E-state index in [1.165, 1.54) is 11.3 Å². The van der Waals surface area contributed by atoms with Crippen LogP contribution in [-0.2, 0) is 9.53 Å². The van der Waals surface area contributed by atoms with Crippen molar-refractivity contribution in [3.63, 3.8) is 0 Å². The van der Waals surface area contributed by atoms with Crippen molar-refractivity contribution in [3.8, 4) is 0 Å². The molecule has 1 heterocycles. The van der Waals surface area contributed by atoms with Crippen LogP contribution in [0, 0.1) is 0 Å². The molecule has 0 aromatic carbocycles. The van der Waals surface area contributed by atoms with Gasteiger partial charge in [-0.2, -0.15) is 0 Å². The molecule has 1 N–H and O–H groups in total. The predicted octanol–water partition coefficient (Wildman–Crippen LogP) is 3.17. The van der Waals surface area contributed by atoms with E-state index in [0.717, 1.165) is 9.21 Å². The number of thiophene rings is 1. The zero-order chi connectivity index (χ0) is 12.7. The molecule has 0 fully saturated rings. The lowest BCUT2D eigenvalue weighted by Gasteiger charge is -2.14. The molecule has 0 aliphatic heterocycles. The Kier molecular flexibility index (Phi) is 6.26. The minimum absolute atomic E-state index is 0.00889. The quantitative estimate of drug-likeness (QED) is 0.775. The third-order valence-electron chi connectivity index (χ3n) is 2.26. The largest absolute Gasteiger partial charge is 0.374 e. The summed E-state index contributed by atoms with van der Waals surface area (Å²) in [4.78, 5) is 12.4. The number of amides is 1. The third-order valence-corrected chi connectivity index (χ3v) is 3.58. The van der Waals surface area contributed by atoms with E-state index in [9.17, 15) is 4.79 Å². The van der Waals surface area contributed by atoms with Gasteiger partial charge >= 0.3 is 0 Å². The summed E-state index contributed by atoms with van der Waals surface area (Å²) in [5.41, 5.74) is 0. The van der Waals surface area contributed by atoms with Crippen molar-refractivity contribution in [2.45, 2.75) is 18.9 Å². The molecule has 0 aliphatic carbocycles. The van der Waals surface area contributed by atoms with Crippen molar-refractivity contribution in [3.05, 3.63) is 34.0 Å². The van der Waals surface area contributed by atoms with Gasteiger partial charge in [-0.15, -0.1) is 17.9 Å². The minimum Gasteiger partial charge on any atom is -0.374 e. The Labute approximate surface area is 110 Å². The van der Waals surface area contributed by atoms with Crippen LogP contribution in [0.5, 0.6) is 0 Å². The number of rotatable bonds is 7. The normalized spacial score (nSPS) is 12.1. The number of hydrogen-bond donors (Lipinski definition) is 1. The number of carbonyl (C=O) groups excluding carboxylic acids is 1. The van der Waals surface area contributed by atoms with Gasteiger partial charge in [-0.1, -0.05) is 17.7 Å². The van der Waals surface area contributed by atoms with Gasteiger partial charge in [0.15, 0.2) is 0 Å². The van der Waals surface area contributed by atoms with Gasteiger partial charge in [0.2, 0.25) is 5.91 Å². The lowest BCUT2D eigenvalue weighted by molar-refractivity contribution is -0.121. The van der Waals surface area contributed by atoms with Crippen molar-refractivity contribution in [1.29, 1.82) is 0 Å². The highest BCUT2D eigenvalue weighted by molar-refractivity contribution is 7.16. The summed E-state index contributed by atoms with van der Waals surface area (Å²) >= 11 is 7.32. The average molecular weight is 274 g/mol. The average Bonchev–Trinajstić information content (AvgIpc) is 2.74. The topological polar surface area (TPSA) is 38.3 Å². The summed E-state index contributed by atoms with van der Waals surface area (Å²) in [7, 11) is 1.62. The zero-order valence-electron chi connectivity index (χ0n) is 9.74. The van der Waals surface area contributed by atoms with Gasteiger partial charge in [0.1, 0.15) is 6.10 Å². The molecule has 1 atom stereocenters. The number of ether oxygens (including phenoxy) is 1. The molecule has 0 saturated heterocycles.